The van der Waals surface area contributed by atoms with Crippen molar-refractivity contribution in [1.29, 1.82) is 0 Å². The lowest BCUT2D eigenvalue weighted by molar-refractivity contribution is 0.768. The number of aromatic nitrogens is 4. The molecule has 0 spiro atoms. The highest BCUT2D eigenvalue weighted by molar-refractivity contribution is 7.97. The molecule has 0 saturated carbocycles. The molecule has 6 heteroatoms. The molecule has 32 heavy (non-hydrogen) atoms. The van der Waals surface area contributed by atoms with E-state index < -0.39 is 0 Å². The van der Waals surface area contributed by atoms with Crippen LogP contribution in [-0.4, -0.2) is 19.3 Å². The molecule has 0 N–H and O–H groups in total. The lowest BCUT2D eigenvalue weighted by atomic mass is 10.1. The van der Waals surface area contributed by atoms with Crippen LogP contribution >= 0.6 is 23.1 Å². The van der Waals surface area contributed by atoms with Gasteiger partial charge in [-0.3, -0.25) is 4.68 Å². The maximum absolute atomic E-state index is 5.04. The minimum absolute atomic E-state index is 0.829. The van der Waals surface area contributed by atoms with Crippen LogP contribution in [0.15, 0.2) is 66.3 Å². The summed E-state index contributed by atoms with van der Waals surface area (Å²) >= 11 is 3.75. The van der Waals surface area contributed by atoms with Crippen molar-refractivity contribution in [3.8, 4) is 11.1 Å². The van der Waals surface area contributed by atoms with Gasteiger partial charge in [-0.15, -0.1) is 23.1 Å². The topological polar surface area (TPSA) is 35.6 Å². The molecule has 0 aliphatic heterocycles. The fourth-order valence-electron chi connectivity index (χ4n) is 3.99. The second-order valence-corrected chi connectivity index (χ2v) is 10.2. The highest BCUT2D eigenvalue weighted by atomic mass is 32.2. The second kappa shape index (κ2) is 8.96. The molecule has 3 aromatic heterocycles. The van der Waals surface area contributed by atoms with Gasteiger partial charge in [0.2, 0.25) is 0 Å². The van der Waals surface area contributed by atoms with E-state index >= 15 is 0 Å². The van der Waals surface area contributed by atoms with E-state index in [0.29, 0.717) is 0 Å². The van der Waals surface area contributed by atoms with Crippen molar-refractivity contribution in [3.63, 3.8) is 0 Å². The fourth-order valence-corrected chi connectivity index (χ4v) is 5.80. The summed E-state index contributed by atoms with van der Waals surface area (Å²) in [6.07, 6.45) is 3.98. The van der Waals surface area contributed by atoms with Gasteiger partial charge in [-0.05, 0) is 54.1 Å². The monoisotopic (exact) mass is 458 g/mol. The highest BCUT2D eigenvalue weighted by Gasteiger charge is 2.14. The van der Waals surface area contributed by atoms with Gasteiger partial charge in [0, 0.05) is 36.0 Å². The predicted octanol–water partition coefficient (Wildman–Crippen LogP) is 6.60. The molecular weight excluding hydrogens is 432 g/mol. The number of aryl methyl sites for hydroxylation is 3. The molecule has 5 rings (SSSR count). The van der Waals surface area contributed by atoms with Crippen LogP contribution in [0.2, 0.25) is 0 Å². The Bertz CT molecular complexity index is 1360. The van der Waals surface area contributed by atoms with Crippen LogP contribution in [0.1, 0.15) is 27.4 Å². The van der Waals surface area contributed by atoms with Crippen molar-refractivity contribution in [1.82, 2.24) is 19.3 Å². The van der Waals surface area contributed by atoms with E-state index in [-0.39, 0.29) is 0 Å². The number of nitrogens with zero attached hydrogens (tertiary/aromatic N) is 4. The predicted molar refractivity (Wildman–Crippen MR) is 136 cm³/mol. The minimum Gasteiger partial charge on any atom is -0.323 e. The molecule has 4 nitrogen and oxygen atoms in total. The number of thiophene rings is 1. The Balaban J connectivity index is 1.54. The standard InChI is InChI=1S/C26H26N4S2/c1-18-6-7-19(2)21(11-18)15-30-25-12-20(22-13-27-29(3)14-22)8-9-24(25)28-26(30)17-31-16-23-5-4-10-32-23/h4-14H,15-17H2,1-3H3. The first-order valence-corrected chi connectivity index (χ1v) is 12.7. The zero-order valence-electron chi connectivity index (χ0n) is 18.6. The Kier molecular flexibility index (Phi) is 5.89. The Hall–Kier alpha value is -2.83. The number of thioether (sulfide) groups is 1. The lowest BCUT2D eigenvalue weighted by Gasteiger charge is -2.13. The third kappa shape index (κ3) is 4.38. The van der Waals surface area contributed by atoms with Crippen molar-refractivity contribution < 1.29 is 0 Å². The van der Waals surface area contributed by atoms with Crippen molar-refractivity contribution in [2.24, 2.45) is 7.05 Å². The molecule has 0 unspecified atom stereocenters. The average molecular weight is 459 g/mol. The van der Waals surface area contributed by atoms with E-state index in [4.69, 9.17) is 4.98 Å². The average Bonchev–Trinajstić information content (AvgIpc) is 3.52. The van der Waals surface area contributed by atoms with Crippen LogP contribution in [0.4, 0.5) is 0 Å². The SMILES string of the molecule is Cc1ccc(C)c(Cn2c(CSCc3cccs3)nc3ccc(-c4cnn(C)c4)cc32)c1. The zero-order chi connectivity index (χ0) is 22.1. The molecule has 0 aliphatic carbocycles. The Morgan fingerprint density at radius 3 is 2.69 bits per heavy atom. The fraction of sp³-hybridized carbons (Fsp3) is 0.231. The molecule has 0 atom stereocenters. The maximum Gasteiger partial charge on any atom is 0.120 e. The number of benzene rings is 2. The molecule has 0 fully saturated rings. The molecule has 162 valence electrons. The number of rotatable bonds is 7. The van der Waals surface area contributed by atoms with Gasteiger partial charge in [0.15, 0.2) is 0 Å². The van der Waals surface area contributed by atoms with Crippen molar-refractivity contribution >= 4 is 34.1 Å². The zero-order valence-corrected chi connectivity index (χ0v) is 20.2. The lowest BCUT2D eigenvalue weighted by Crippen LogP contribution is -2.06. The third-order valence-corrected chi connectivity index (χ3v) is 7.79. The van der Waals surface area contributed by atoms with Crippen LogP contribution in [0.25, 0.3) is 22.2 Å². The van der Waals surface area contributed by atoms with Gasteiger partial charge in [-0.25, -0.2) is 4.98 Å². The first-order valence-electron chi connectivity index (χ1n) is 10.7. The van der Waals surface area contributed by atoms with Gasteiger partial charge in [0.05, 0.1) is 23.0 Å². The third-order valence-electron chi connectivity index (χ3n) is 5.75. The molecule has 5 aromatic rings. The number of hydrogen-bond acceptors (Lipinski definition) is 4. The summed E-state index contributed by atoms with van der Waals surface area (Å²) in [5, 5.41) is 6.49. The summed E-state index contributed by atoms with van der Waals surface area (Å²) in [5.41, 5.74) is 8.49. The van der Waals surface area contributed by atoms with E-state index in [2.05, 4.69) is 83.6 Å². The van der Waals surface area contributed by atoms with E-state index in [1.165, 1.54) is 32.6 Å². The van der Waals surface area contributed by atoms with Gasteiger partial charge >= 0.3 is 0 Å². The Morgan fingerprint density at radius 1 is 1.00 bits per heavy atom. The number of imidazole rings is 1. The molecule has 0 amide bonds. The summed E-state index contributed by atoms with van der Waals surface area (Å²) in [6.45, 7) is 5.18. The quantitative estimate of drug-likeness (QED) is 0.276. The van der Waals surface area contributed by atoms with Gasteiger partial charge in [0.1, 0.15) is 5.82 Å². The van der Waals surface area contributed by atoms with Crippen LogP contribution in [-0.2, 0) is 25.1 Å². The van der Waals surface area contributed by atoms with E-state index in [9.17, 15) is 0 Å². The first-order chi connectivity index (χ1) is 15.6. The minimum atomic E-state index is 0.829. The second-order valence-electron chi connectivity index (χ2n) is 8.22. The van der Waals surface area contributed by atoms with E-state index in [1.54, 1.807) is 0 Å². The maximum atomic E-state index is 5.04. The van der Waals surface area contributed by atoms with Crippen LogP contribution in [0.5, 0.6) is 0 Å². The smallest absolute Gasteiger partial charge is 0.120 e. The summed E-state index contributed by atoms with van der Waals surface area (Å²) in [7, 11) is 1.95. The van der Waals surface area contributed by atoms with E-state index in [0.717, 1.165) is 35.0 Å². The highest BCUT2D eigenvalue weighted by Crippen LogP contribution is 2.29. The molecule has 0 radical (unpaired) electrons. The molecule has 0 saturated heterocycles. The molecule has 2 aromatic carbocycles. The summed E-state index contributed by atoms with van der Waals surface area (Å²) in [4.78, 5) is 6.45. The molecule has 0 bridgehead atoms. The normalized spacial score (nSPS) is 11.5. The van der Waals surface area contributed by atoms with Crippen LogP contribution in [0.3, 0.4) is 0 Å². The summed E-state index contributed by atoms with van der Waals surface area (Å²) < 4.78 is 4.25. The molecule has 3 heterocycles. The van der Waals surface area contributed by atoms with Gasteiger partial charge in [-0.2, -0.15) is 5.10 Å². The first kappa shape index (κ1) is 21.0. The van der Waals surface area contributed by atoms with Gasteiger partial charge in [0.25, 0.3) is 0 Å². The van der Waals surface area contributed by atoms with Crippen molar-refractivity contribution in [3.05, 3.63) is 93.7 Å². The summed E-state index contributed by atoms with van der Waals surface area (Å²) in [6, 6.07) is 17.6. The summed E-state index contributed by atoms with van der Waals surface area (Å²) in [5.74, 6) is 3.04. The van der Waals surface area contributed by atoms with Crippen molar-refractivity contribution in [2.75, 3.05) is 0 Å². The largest absolute Gasteiger partial charge is 0.323 e. The Morgan fingerprint density at radius 2 is 1.91 bits per heavy atom. The van der Waals surface area contributed by atoms with Crippen LogP contribution < -0.4 is 0 Å². The Labute approximate surface area is 196 Å². The van der Waals surface area contributed by atoms with Gasteiger partial charge in [-0.1, -0.05) is 35.9 Å². The number of hydrogen-bond donors (Lipinski definition) is 0. The van der Waals surface area contributed by atoms with E-state index in [1.807, 2.05) is 41.0 Å². The molecular formula is C26H26N4S2. The van der Waals surface area contributed by atoms with Crippen LogP contribution in [0, 0.1) is 13.8 Å². The van der Waals surface area contributed by atoms with Gasteiger partial charge < -0.3 is 4.57 Å². The van der Waals surface area contributed by atoms with Crippen molar-refractivity contribution in [2.45, 2.75) is 31.9 Å². The number of fused-ring (bicyclic) bond motifs is 1. The molecule has 0 aliphatic rings.